The molecule has 0 bridgehead atoms. The fourth-order valence-electron chi connectivity index (χ4n) is 2.00. The predicted molar refractivity (Wildman–Crippen MR) is 72.0 cm³/mol. The molecule has 0 spiro atoms. The van der Waals surface area contributed by atoms with Crippen LogP contribution in [0.25, 0.3) is 0 Å². The molecular weight excluding hydrogens is 246 g/mol. The predicted octanol–water partition coefficient (Wildman–Crippen LogP) is 2.85. The van der Waals surface area contributed by atoms with Crippen LogP contribution in [0.4, 0.5) is 4.79 Å². The first-order chi connectivity index (χ1) is 8.78. The van der Waals surface area contributed by atoms with Gasteiger partial charge in [-0.1, -0.05) is 11.6 Å². The van der Waals surface area contributed by atoms with E-state index in [-0.39, 0.29) is 0 Å². The monoisotopic (exact) mass is 269 g/mol. The van der Waals surface area contributed by atoms with Crippen LogP contribution >= 0.6 is 0 Å². The van der Waals surface area contributed by atoms with Crippen LogP contribution in [0.15, 0.2) is 11.6 Å². The average molecular weight is 269 g/mol. The molecule has 1 unspecified atom stereocenters. The Hall–Kier alpha value is -1.52. The van der Waals surface area contributed by atoms with Crippen LogP contribution in [0, 0.1) is 0 Å². The third-order valence-corrected chi connectivity index (χ3v) is 2.84. The molecule has 0 heterocycles. The third kappa shape index (κ3) is 6.27. The maximum absolute atomic E-state index is 11.6. The number of alkyl carbamates (subject to hydrolysis) is 1. The Morgan fingerprint density at radius 1 is 1.42 bits per heavy atom. The minimum Gasteiger partial charge on any atom is -0.480 e. The zero-order chi connectivity index (χ0) is 14.5. The molecule has 19 heavy (non-hydrogen) atoms. The molecule has 1 aliphatic rings. The zero-order valence-electron chi connectivity index (χ0n) is 11.9. The molecule has 108 valence electrons. The molecule has 5 nitrogen and oxygen atoms in total. The topological polar surface area (TPSA) is 75.6 Å². The van der Waals surface area contributed by atoms with E-state index in [1.807, 2.05) is 0 Å². The van der Waals surface area contributed by atoms with Crippen molar-refractivity contribution in [1.82, 2.24) is 5.32 Å². The fraction of sp³-hybridized carbons (Fsp3) is 0.714. The second-order valence-corrected chi connectivity index (χ2v) is 5.85. The van der Waals surface area contributed by atoms with Crippen LogP contribution in [-0.4, -0.2) is 28.8 Å². The lowest BCUT2D eigenvalue weighted by atomic mass is 9.94. The smallest absolute Gasteiger partial charge is 0.408 e. The Balaban J connectivity index is 2.55. The van der Waals surface area contributed by atoms with Gasteiger partial charge in [-0.3, -0.25) is 0 Å². The molecular formula is C14H23NO4. The number of allylic oxidation sites excluding steroid dienone is 1. The van der Waals surface area contributed by atoms with Crippen molar-refractivity contribution in [3.8, 4) is 0 Å². The van der Waals surface area contributed by atoms with Gasteiger partial charge in [0.25, 0.3) is 0 Å². The molecule has 0 aromatic rings. The molecule has 5 heteroatoms. The van der Waals surface area contributed by atoms with Gasteiger partial charge in [0.15, 0.2) is 0 Å². The first-order valence-electron chi connectivity index (χ1n) is 6.68. The van der Waals surface area contributed by atoms with Crippen molar-refractivity contribution in [2.45, 2.75) is 64.5 Å². The normalized spacial score (nSPS) is 17.3. The Bertz CT molecular complexity index is 368. The average Bonchev–Trinajstić information content (AvgIpc) is 2.26. The lowest BCUT2D eigenvalue weighted by Gasteiger charge is -2.23. The van der Waals surface area contributed by atoms with E-state index in [1.54, 1.807) is 20.8 Å². The molecule has 0 radical (unpaired) electrons. The van der Waals surface area contributed by atoms with E-state index >= 15 is 0 Å². The summed E-state index contributed by atoms with van der Waals surface area (Å²) in [5.74, 6) is -1.03. The highest BCUT2D eigenvalue weighted by Gasteiger charge is 2.25. The van der Waals surface area contributed by atoms with E-state index in [0.29, 0.717) is 6.42 Å². The first kappa shape index (κ1) is 15.5. The Morgan fingerprint density at radius 2 is 2.11 bits per heavy atom. The van der Waals surface area contributed by atoms with E-state index in [4.69, 9.17) is 9.84 Å². The molecule has 0 aromatic heterocycles. The zero-order valence-corrected chi connectivity index (χ0v) is 11.9. The third-order valence-electron chi connectivity index (χ3n) is 2.84. The van der Waals surface area contributed by atoms with Crippen molar-refractivity contribution in [3.63, 3.8) is 0 Å². The van der Waals surface area contributed by atoms with Gasteiger partial charge in [-0.05, 0) is 52.9 Å². The molecule has 0 aliphatic heterocycles. The summed E-state index contributed by atoms with van der Waals surface area (Å²) in [6.45, 7) is 5.23. The molecule has 0 saturated heterocycles. The summed E-state index contributed by atoms with van der Waals surface area (Å²) in [5.41, 5.74) is 0.478. The SMILES string of the molecule is CC(C)(C)OC(=O)NC(CC1=CCCCC1)C(=O)O. The van der Waals surface area contributed by atoms with Crippen molar-refractivity contribution < 1.29 is 19.4 Å². The van der Waals surface area contributed by atoms with Crippen molar-refractivity contribution in [1.29, 1.82) is 0 Å². The summed E-state index contributed by atoms with van der Waals surface area (Å²) in [6, 6.07) is -0.917. The summed E-state index contributed by atoms with van der Waals surface area (Å²) in [5, 5.41) is 11.6. The molecule has 1 aliphatic carbocycles. The number of carbonyl (C=O) groups is 2. The number of carboxylic acids is 1. The second-order valence-electron chi connectivity index (χ2n) is 5.85. The number of hydrogen-bond donors (Lipinski definition) is 2. The van der Waals surface area contributed by atoms with Gasteiger partial charge >= 0.3 is 12.1 Å². The molecule has 1 amide bonds. The van der Waals surface area contributed by atoms with Gasteiger partial charge in [-0.2, -0.15) is 0 Å². The van der Waals surface area contributed by atoms with Crippen LogP contribution in [0.2, 0.25) is 0 Å². The minimum atomic E-state index is -1.03. The summed E-state index contributed by atoms with van der Waals surface area (Å²) in [4.78, 5) is 22.8. The number of ether oxygens (including phenoxy) is 1. The number of carbonyl (C=O) groups excluding carboxylic acids is 1. The van der Waals surface area contributed by atoms with E-state index in [1.165, 1.54) is 0 Å². The highest BCUT2D eigenvalue weighted by Crippen LogP contribution is 2.21. The number of hydrogen-bond acceptors (Lipinski definition) is 3. The summed E-state index contributed by atoms with van der Waals surface area (Å²) >= 11 is 0. The highest BCUT2D eigenvalue weighted by molar-refractivity contribution is 5.80. The second kappa shape index (κ2) is 6.59. The Labute approximate surface area is 114 Å². The number of aliphatic carboxylic acids is 1. The van der Waals surface area contributed by atoms with E-state index in [2.05, 4.69) is 11.4 Å². The van der Waals surface area contributed by atoms with Crippen molar-refractivity contribution >= 4 is 12.1 Å². The van der Waals surface area contributed by atoms with Gasteiger partial charge < -0.3 is 15.2 Å². The maximum Gasteiger partial charge on any atom is 0.408 e. The number of rotatable bonds is 4. The molecule has 0 fully saturated rings. The Morgan fingerprint density at radius 3 is 2.58 bits per heavy atom. The van der Waals surface area contributed by atoms with Crippen molar-refractivity contribution in [2.24, 2.45) is 0 Å². The van der Waals surface area contributed by atoms with Gasteiger partial charge in [0, 0.05) is 0 Å². The van der Waals surface area contributed by atoms with Crippen LogP contribution < -0.4 is 5.32 Å². The van der Waals surface area contributed by atoms with E-state index in [9.17, 15) is 9.59 Å². The molecule has 0 saturated carbocycles. The van der Waals surface area contributed by atoms with E-state index in [0.717, 1.165) is 31.3 Å². The van der Waals surface area contributed by atoms with Crippen LogP contribution in [-0.2, 0) is 9.53 Å². The van der Waals surface area contributed by atoms with Gasteiger partial charge in [0.05, 0.1) is 0 Å². The van der Waals surface area contributed by atoms with E-state index < -0.39 is 23.7 Å². The summed E-state index contributed by atoms with van der Waals surface area (Å²) < 4.78 is 5.07. The number of carboxylic acid groups (broad SMARTS) is 1. The van der Waals surface area contributed by atoms with Crippen LogP contribution in [0.3, 0.4) is 0 Å². The molecule has 2 N–H and O–H groups in total. The molecule has 1 atom stereocenters. The first-order valence-corrected chi connectivity index (χ1v) is 6.68. The summed E-state index contributed by atoms with van der Waals surface area (Å²) in [6.07, 6.45) is 5.90. The summed E-state index contributed by atoms with van der Waals surface area (Å²) in [7, 11) is 0. The number of nitrogens with one attached hydrogen (secondary N) is 1. The van der Waals surface area contributed by atoms with Crippen LogP contribution in [0.5, 0.6) is 0 Å². The van der Waals surface area contributed by atoms with Gasteiger partial charge in [0.1, 0.15) is 11.6 Å². The van der Waals surface area contributed by atoms with Gasteiger partial charge in [0.2, 0.25) is 0 Å². The maximum atomic E-state index is 11.6. The number of amides is 1. The standard InChI is InChI=1S/C14H23NO4/c1-14(2,3)19-13(18)15-11(12(16)17)9-10-7-5-4-6-8-10/h7,11H,4-6,8-9H2,1-3H3,(H,15,18)(H,16,17). The van der Waals surface area contributed by atoms with Crippen molar-refractivity contribution in [3.05, 3.63) is 11.6 Å². The minimum absolute atomic E-state index is 0.356. The molecule has 0 aromatic carbocycles. The highest BCUT2D eigenvalue weighted by atomic mass is 16.6. The molecule has 1 rings (SSSR count). The largest absolute Gasteiger partial charge is 0.480 e. The van der Waals surface area contributed by atoms with Gasteiger partial charge in [-0.25, -0.2) is 9.59 Å². The van der Waals surface area contributed by atoms with Crippen LogP contribution in [0.1, 0.15) is 52.9 Å². The van der Waals surface area contributed by atoms with Crippen molar-refractivity contribution in [2.75, 3.05) is 0 Å². The Kier molecular flexibility index (Phi) is 5.39. The fourth-order valence-corrected chi connectivity index (χ4v) is 2.00. The quantitative estimate of drug-likeness (QED) is 0.769. The lowest BCUT2D eigenvalue weighted by molar-refractivity contribution is -0.139. The van der Waals surface area contributed by atoms with Gasteiger partial charge in [-0.15, -0.1) is 0 Å². The lowest BCUT2D eigenvalue weighted by Crippen LogP contribution is -2.43.